The van der Waals surface area contributed by atoms with Crippen LogP contribution >= 0.6 is 0 Å². The second-order valence-electron chi connectivity index (χ2n) is 9.02. The first-order valence-electron chi connectivity index (χ1n) is 11.6. The zero-order valence-electron chi connectivity index (χ0n) is 18.3. The molecule has 1 aromatic carbocycles. The summed E-state index contributed by atoms with van der Waals surface area (Å²) in [5, 5.41) is 0. The molecule has 6 heteroatoms. The van der Waals surface area contributed by atoms with Gasteiger partial charge in [-0.05, 0) is 64.5 Å². The van der Waals surface area contributed by atoms with Gasteiger partial charge in [-0.2, -0.15) is 0 Å². The van der Waals surface area contributed by atoms with Crippen molar-refractivity contribution in [3.63, 3.8) is 0 Å². The third kappa shape index (κ3) is 4.30. The van der Waals surface area contributed by atoms with E-state index in [2.05, 4.69) is 57.1 Å². The van der Waals surface area contributed by atoms with E-state index in [9.17, 15) is 0 Å². The second kappa shape index (κ2) is 8.90. The summed E-state index contributed by atoms with van der Waals surface area (Å²) >= 11 is 0. The number of anilines is 2. The molecule has 2 aromatic rings. The van der Waals surface area contributed by atoms with Gasteiger partial charge in [-0.25, -0.2) is 9.97 Å². The summed E-state index contributed by atoms with van der Waals surface area (Å²) in [7, 11) is 2.20. The lowest BCUT2D eigenvalue weighted by atomic mass is 10.1. The van der Waals surface area contributed by atoms with Crippen molar-refractivity contribution in [3.05, 3.63) is 36.0 Å². The molecule has 0 spiro atoms. The van der Waals surface area contributed by atoms with Gasteiger partial charge in [0.25, 0.3) is 0 Å². The van der Waals surface area contributed by atoms with E-state index in [1.54, 1.807) is 0 Å². The van der Waals surface area contributed by atoms with Crippen molar-refractivity contribution < 1.29 is 0 Å². The van der Waals surface area contributed by atoms with E-state index in [0.717, 1.165) is 62.9 Å². The van der Waals surface area contributed by atoms with E-state index in [1.807, 2.05) is 0 Å². The minimum absolute atomic E-state index is 0.858. The molecule has 6 nitrogen and oxygen atoms in total. The van der Waals surface area contributed by atoms with Crippen LogP contribution in [0.4, 0.5) is 11.5 Å². The Bertz CT molecular complexity index is 855. The minimum Gasteiger partial charge on any atom is -0.369 e. The van der Waals surface area contributed by atoms with E-state index in [4.69, 9.17) is 9.97 Å². The second-order valence-corrected chi connectivity index (χ2v) is 9.02. The highest BCUT2D eigenvalue weighted by molar-refractivity contribution is 5.66. The van der Waals surface area contributed by atoms with Gasteiger partial charge < -0.3 is 19.6 Å². The SMILES string of the molecule is CN1CCN(c2cccc(-c3ncc4c(n3)N(CCCN3CCCC3)CC4)c2)CC1. The molecule has 0 radical (unpaired) electrons. The highest BCUT2D eigenvalue weighted by Gasteiger charge is 2.23. The molecule has 4 heterocycles. The number of benzene rings is 1. The molecule has 2 saturated heterocycles. The number of fused-ring (bicyclic) bond motifs is 1. The zero-order chi connectivity index (χ0) is 20.3. The van der Waals surface area contributed by atoms with Gasteiger partial charge in [0.15, 0.2) is 5.82 Å². The Morgan fingerprint density at radius 1 is 0.933 bits per heavy atom. The number of likely N-dealkylation sites (tertiary alicyclic amines) is 1. The summed E-state index contributed by atoms with van der Waals surface area (Å²) in [6.45, 7) is 10.4. The number of aromatic nitrogens is 2. The van der Waals surface area contributed by atoms with Crippen molar-refractivity contribution in [2.75, 3.05) is 75.8 Å². The van der Waals surface area contributed by atoms with Crippen LogP contribution < -0.4 is 9.80 Å². The number of hydrogen-bond acceptors (Lipinski definition) is 6. The molecule has 30 heavy (non-hydrogen) atoms. The molecule has 0 bridgehead atoms. The fourth-order valence-electron chi connectivity index (χ4n) is 4.96. The van der Waals surface area contributed by atoms with Gasteiger partial charge in [0.1, 0.15) is 5.82 Å². The normalized spacial score (nSPS) is 20.2. The molecule has 0 amide bonds. The quantitative estimate of drug-likeness (QED) is 0.735. The predicted octanol–water partition coefficient (Wildman–Crippen LogP) is 2.74. The molecule has 0 saturated carbocycles. The summed E-state index contributed by atoms with van der Waals surface area (Å²) in [6, 6.07) is 8.77. The maximum absolute atomic E-state index is 5.03. The van der Waals surface area contributed by atoms with Crippen LogP contribution in [0.15, 0.2) is 30.5 Å². The molecule has 3 aliphatic rings. The van der Waals surface area contributed by atoms with Crippen molar-refractivity contribution in [1.82, 2.24) is 19.8 Å². The van der Waals surface area contributed by atoms with Gasteiger partial charge in [-0.3, -0.25) is 0 Å². The fraction of sp³-hybridized carbons (Fsp3) is 0.583. The van der Waals surface area contributed by atoms with E-state index in [0.29, 0.717) is 0 Å². The fourth-order valence-corrected chi connectivity index (χ4v) is 4.96. The summed E-state index contributed by atoms with van der Waals surface area (Å²) in [4.78, 5) is 19.7. The number of rotatable bonds is 6. The van der Waals surface area contributed by atoms with E-state index >= 15 is 0 Å². The Balaban J connectivity index is 1.28. The first kappa shape index (κ1) is 19.8. The lowest BCUT2D eigenvalue weighted by molar-refractivity contribution is 0.313. The summed E-state index contributed by atoms with van der Waals surface area (Å²) in [5.74, 6) is 2.02. The van der Waals surface area contributed by atoms with Crippen LogP contribution in [0.5, 0.6) is 0 Å². The molecule has 160 valence electrons. The van der Waals surface area contributed by atoms with Crippen molar-refractivity contribution in [1.29, 1.82) is 0 Å². The van der Waals surface area contributed by atoms with Crippen LogP contribution in [0.2, 0.25) is 0 Å². The van der Waals surface area contributed by atoms with Gasteiger partial charge in [0.05, 0.1) is 0 Å². The van der Waals surface area contributed by atoms with Gasteiger partial charge in [0.2, 0.25) is 0 Å². The Morgan fingerprint density at radius 2 is 1.77 bits per heavy atom. The smallest absolute Gasteiger partial charge is 0.161 e. The van der Waals surface area contributed by atoms with Gasteiger partial charge in [-0.1, -0.05) is 12.1 Å². The molecule has 0 atom stereocenters. The maximum Gasteiger partial charge on any atom is 0.161 e. The van der Waals surface area contributed by atoms with Crippen molar-refractivity contribution >= 4 is 11.5 Å². The van der Waals surface area contributed by atoms with Gasteiger partial charge >= 0.3 is 0 Å². The molecular weight excluding hydrogens is 372 g/mol. The predicted molar refractivity (Wildman–Crippen MR) is 123 cm³/mol. The van der Waals surface area contributed by atoms with E-state index in [1.165, 1.54) is 50.1 Å². The van der Waals surface area contributed by atoms with Crippen LogP contribution in [0, 0.1) is 0 Å². The monoisotopic (exact) mass is 406 g/mol. The number of nitrogens with zero attached hydrogens (tertiary/aromatic N) is 6. The lowest BCUT2D eigenvalue weighted by Gasteiger charge is -2.34. The molecule has 0 aliphatic carbocycles. The Hall–Kier alpha value is -2.18. The molecular formula is C24H34N6. The minimum atomic E-state index is 0.858. The van der Waals surface area contributed by atoms with Crippen LogP contribution in [0.1, 0.15) is 24.8 Å². The number of piperazine rings is 1. The zero-order valence-corrected chi connectivity index (χ0v) is 18.3. The Morgan fingerprint density at radius 3 is 2.60 bits per heavy atom. The standard InChI is InChI=1S/C24H34N6/c1-27-14-16-29(17-15-27)22-7-4-6-20(18-22)23-25-19-21-8-13-30(24(21)26-23)12-5-11-28-9-2-3-10-28/h4,6-7,18-19H,2-3,5,8-17H2,1H3. The van der Waals surface area contributed by atoms with Crippen molar-refractivity contribution in [3.8, 4) is 11.4 Å². The summed E-state index contributed by atoms with van der Waals surface area (Å²) < 4.78 is 0. The van der Waals surface area contributed by atoms with Crippen LogP contribution in [0.25, 0.3) is 11.4 Å². The highest BCUT2D eigenvalue weighted by atomic mass is 15.2. The average molecular weight is 407 g/mol. The molecule has 2 fully saturated rings. The lowest BCUT2D eigenvalue weighted by Crippen LogP contribution is -2.44. The molecule has 5 rings (SSSR count). The highest BCUT2D eigenvalue weighted by Crippen LogP contribution is 2.29. The number of likely N-dealkylation sites (N-methyl/N-ethyl adjacent to an activating group) is 1. The first-order chi connectivity index (χ1) is 14.8. The van der Waals surface area contributed by atoms with Crippen molar-refractivity contribution in [2.45, 2.75) is 25.7 Å². The Kier molecular flexibility index (Phi) is 5.86. The first-order valence-corrected chi connectivity index (χ1v) is 11.6. The summed E-state index contributed by atoms with van der Waals surface area (Å²) in [6.07, 6.45) is 7.09. The third-order valence-electron chi connectivity index (χ3n) is 6.87. The van der Waals surface area contributed by atoms with E-state index < -0.39 is 0 Å². The molecule has 0 unspecified atom stereocenters. The molecule has 3 aliphatic heterocycles. The van der Waals surface area contributed by atoms with Crippen LogP contribution in [-0.2, 0) is 6.42 Å². The Labute approximate surface area is 180 Å². The molecule has 0 N–H and O–H groups in total. The van der Waals surface area contributed by atoms with Gasteiger partial charge in [-0.15, -0.1) is 0 Å². The molecule has 1 aromatic heterocycles. The van der Waals surface area contributed by atoms with Crippen LogP contribution in [-0.4, -0.2) is 85.7 Å². The topological polar surface area (TPSA) is 38.7 Å². The number of hydrogen-bond donors (Lipinski definition) is 0. The van der Waals surface area contributed by atoms with Gasteiger partial charge in [0, 0.05) is 62.3 Å². The average Bonchev–Trinajstić information content (AvgIpc) is 3.44. The maximum atomic E-state index is 5.03. The summed E-state index contributed by atoms with van der Waals surface area (Å²) in [5.41, 5.74) is 3.71. The van der Waals surface area contributed by atoms with E-state index in [-0.39, 0.29) is 0 Å². The largest absolute Gasteiger partial charge is 0.369 e. The van der Waals surface area contributed by atoms with Crippen LogP contribution in [0.3, 0.4) is 0 Å². The third-order valence-corrected chi connectivity index (χ3v) is 6.87. The van der Waals surface area contributed by atoms with Crippen molar-refractivity contribution in [2.24, 2.45) is 0 Å².